The average Bonchev–Trinajstić information content (AvgIpc) is 3.29. The molecule has 0 amide bonds. The van der Waals surface area contributed by atoms with Gasteiger partial charge in [0.1, 0.15) is 5.65 Å². The van der Waals surface area contributed by atoms with Crippen LogP contribution in [-0.4, -0.2) is 19.7 Å². The van der Waals surface area contributed by atoms with E-state index in [0.29, 0.717) is 0 Å². The molecule has 4 nitrogen and oxygen atoms in total. The van der Waals surface area contributed by atoms with Crippen molar-refractivity contribution in [1.82, 2.24) is 19.7 Å². The Balaban J connectivity index is 1.74. The standard InChI is InChI=1S/C20H20N4/c1-2-6-19(15-7-4-3-5-8-15)24-14-16(13-23-24)17-9-11-21-20-18(17)10-12-22-20/h3-5,7-14,19H,2,6H2,1H3,(H,21,22)/t19-/m1/s1. The molecule has 4 heteroatoms. The Bertz CT molecular complexity index is 936. The summed E-state index contributed by atoms with van der Waals surface area (Å²) in [5.41, 5.74) is 4.50. The largest absolute Gasteiger partial charge is 0.346 e. The van der Waals surface area contributed by atoms with Crippen molar-refractivity contribution in [2.45, 2.75) is 25.8 Å². The highest BCUT2D eigenvalue weighted by Crippen LogP contribution is 2.29. The van der Waals surface area contributed by atoms with Crippen LogP contribution in [0, 0.1) is 0 Å². The summed E-state index contributed by atoms with van der Waals surface area (Å²) in [4.78, 5) is 7.53. The molecule has 0 saturated carbocycles. The van der Waals surface area contributed by atoms with Crippen LogP contribution in [0.4, 0.5) is 0 Å². The Hall–Kier alpha value is -2.88. The lowest BCUT2D eigenvalue weighted by molar-refractivity contribution is 0.484. The molecule has 0 aliphatic carbocycles. The molecule has 0 bridgehead atoms. The van der Waals surface area contributed by atoms with Crippen molar-refractivity contribution < 1.29 is 0 Å². The quantitative estimate of drug-likeness (QED) is 0.574. The third-order valence-corrected chi connectivity index (χ3v) is 4.44. The number of fused-ring (bicyclic) bond motifs is 1. The first-order valence-corrected chi connectivity index (χ1v) is 8.38. The predicted molar refractivity (Wildman–Crippen MR) is 96.8 cm³/mol. The number of aromatic amines is 1. The summed E-state index contributed by atoms with van der Waals surface area (Å²) in [7, 11) is 0. The maximum absolute atomic E-state index is 4.67. The van der Waals surface area contributed by atoms with E-state index < -0.39 is 0 Å². The van der Waals surface area contributed by atoms with Crippen molar-refractivity contribution >= 4 is 11.0 Å². The first kappa shape index (κ1) is 14.7. The van der Waals surface area contributed by atoms with Crippen molar-refractivity contribution in [3.63, 3.8) is 0 Å². The summed E-state index contributed by atoms with van der Waals surface area (Å²) in [5, 5.41) is 5.79. The van der Waals surface area contributed by atoms with Crippen molar-refractivity contribution in [2.75, 3.05) is 0 Å². The second-order valence-corrected chi connectivity index (χ2v) is 6.02. The fourth-order valence-electron chi connectivity index (χ4n) is 3.26. The number of nitrogens with zero attached hydrogens (tertiary/aromatic N) is 3. The van der Waals surface area contributed by atoms with E-state index in [1.165, 1.54) is 5.56 Å². The summed E-state index contributed by atoms with van der Waals surface area (Å²) < 4.78 is 2.09. The van der Waals surface area contributed by atoms with Crippen molar-refractivity contribution in [3.8, 4) is 11.1 Å². The SMILES string of the molecule is CCC[C@H](c1ccccc1)n1cc(-c2ccnc3[nH]ccc23)cn1. The Labute approximate surface area is 141 Å². The third kappa shape index (κ3) is 2.60. The number of benzene rings is 1. The molecule has 3 heterocycles. The average molecular weight is 316 g/mol. The normalized spacial score (nSPS) is 12.5. The van der Waals surface area contributed by atoms with Gasteiger partial charge in [0.2, 0.25) is 0 Å². The number of aromatic nitrogens is 4. The van der Waals surface area contributed by atoms with Crippen LogP contribution in [0.5, 0.6) is 0 Å². The van der Waals surface area contributed by atoms with Crippen LogP contribution in [0.15, 0.2) is 67.3 Å². The van der Waals surface area contributed by atoms with Gasteiger partial charge >= 0.3 is 0 Å². The molecule has 120 valence electrons. The van der Waals surface area contributed by atoms with Crippen molar-refractivity contribution in [3.05, 3.63) is 72.8 Å². The zero-order valence-electron chi connectivity index (χ0n) is 13.7. The summed E-state index contributed by atoms with van der Waals surface area (Å²) in [6, 6.07) is 15.0. The molecule has 0 fully saturated rings. The number of H-pyrrole nitrogens is 1. The maximum atomic E-state index is 4.67. The van der Waals surface area contributed by atoms with E-state index >= 15 is 0 Å². The molecule has 1 N–H and O–H groups in total. The first-order valence-electron chi connectivity index (χ1n) is 8.38. The van der Waals surface area contributed by atoms with Crippen LogP contribution in [0.3, 0.4) is 0 Å². The van der Waals surface area contributed by atoms with Gasteiger partial charge in [-0.1, -0.05) is 43.7 Å². The lowest BCUT2D eigenvalue weighted by Crippen LogP contribution is -2.10. The molecule has 4 aromatic rings. The summed E-state index contributed by atoms with van der Waals surface area (Å²) >= 11 is 0. The van der Waals surface area contributed by atoms with Gasteiger partial charge < -0.3 is 4.98 Å². The molecule has 0 radical (unpaired) electrons. The topological polar surface area (TPSA) is 46.5 Å². The van der Waals surface area contributed by atoms with Crippen LogP contribution < -0.4 is 0 Å². The number of hydrogen-bond donors (Lipinski definition) is 1. The summed E-state index contributed by atoms with van der Waals surface area (Å²) in [5.74, 6) is 0. The van der Waals surface area contributed by atoms with Gasteiger partial charge in [0.25, 0.3) is 0 Å². The number of pyridine rings is 1. The van der Waals surface area contributed by atoms with Gasteiger partial charge in [-0.2, -0.15) is 5.10 Å². The number of rotatable bonds is 5. The zero-order chi connectivity index (χ0) is 16.4. The van der Waals surface area contributed by atoms with Gasteiger partial charge in [-0.25, -0.2) is 4.98 Å². The minimum Gasteiger partial charge on any atom is -0.346 e. The van der Waals surface area contributed by atoms with Gasteiger partial charge in [-0.3, -0.25) is 4.68 Å². The van der Waals surface area contributed by atoms with E-state index in [4.69, 9.17) is 0 Å². The zero-order valence-corrected chi connectivity index (χ0v) is 13.7. The molecule has 0 unspecified atom stereocenters. The lowest BCUT2D eigenvalue weighted by Gasteiger charge is -2.17. The van der Waals surface area contributed by atoms with Crippen LogP contribution >= 0.6 is 0 Å². The van der Waals surface area contributed by atoms with E-state index in [9.17, 15) is 0 Å². The molecule has 24 heavy (non-hydrogen) atoms. The molecule has 0 aliphatic heterocycles. The van der Waals surface area contributed by atoms with Gasteiger partial charge in [0, 0.05) is 29.5 Å². The lowest BCUT2D eigenvalue weighted by atomic mass is 10.0. The van der Waals surface area contributed by atoms with E-state index in [2.05, 4.69) is 75.3 Å². The molecule has 1 atom stereocenters. The highest BCUT2D eigenvalue weighted by molar-refractivity contribution is 5.92. The van der Waals surface area contributed by atoms with Crippen LogP contribution in [0.2, 0.25) is 0 Å². The second kappa shape index (κ2) is 6.32. The minimum absolute atomic E-state index is 0.272. The number of nitrogens with one attached hydrogen (secondary N) is 1. The van der Waals surface area contributed by atoms with E-state index in [0.717, 1.165) is 35.0 Å². The fraction of sp³-hybridized carbons (Fsp3) is 0.200. The number of hydrogen-bond acceptors (Lipinski definition) is 2. The first-order chi connectivity index (χ1) is 11.9. The van der Waals surface area contributed by atoms with Gasteiger partial charge in [-0.05, 0) is 29.7 Å². The minimum atomic E-state index is 0.272. The summed E-state index contributed by atoms with van der Waals surface area (Å²) in [6.07, 6.45) is 10.1. The van der Waals surface area contributed by atoms with E-state index in [1.807, 2.05) is 18.6 Å². The van der Waals surface area contributed by atoms with Gasteiger partial charge in [0.05, 0.1) is 12.2 Å². The van der Waals surface area contributed by atoms with Crippen LogP contribution in [-0.2, 0) is 0 Å². The Morgan fingerprint density at radius 3 is 2.83 bits per heavy atom. The van der Waals surface area contributed by atoms with E-state index in [-0.39, 0.29) is 6.04 Å². The Kier molecular flexibility index (Phi) is 3.87. The third-order valence-electron chi connectivity index (χ3n) is 4.44. The molecule has 3 aromatic heterocycles. The highest BCUT2D eigenvalue weighted by Gasteiger charge is 2.15. The summed E-state index contributed by atoms with van der Waals surface area (Å²) in [6.45, 7) is 2.21. The monoisotopic (exact) mass is 316 g/mol. The van der Waals surface area contributed by atoms with E-state index in [1.54, 1.807) is 0 Å². The highest BCUT2D eigenvalue weighted by atomic mass is 15.3. The van der Waals surface area contributed by atoms with Crippen molar-refractivity contribution in [2.24, 2.45) is 0 Å². The maximum Gasteiger partial charge on any atom is 0.137 e. The molecule has 0 spiro atoms. The molecule has 4 rings (SSSR count). The Morgan fingerprint density at radius 2 is 2.00 bits per heavy atom. The molecule has 1 aromatic carbocycles. The van der Waals surface area contributed by atoms with Crippen molar-refractivity contribution in [1.29, 1.82) is 0 Å². The van der Waals surface area contributed by atoms with Crippen LogP contribution in [0.25, 0.3) is 22.2 Å². The second-order valence-electron chi connectivity index (χ2n) is 6.02. The molecular formula is C20H20N4. The molecule has 0 aliphatic rings. The Morgan fingerprint density at radius 1 is 1.12 bits per heavy atom. The molecular weight excluding hydrogens is 296 g/mol. The smallest absolute Gasteiger partial charge is 0.137 e. The fourth-order valence-corrected chi connectivity index (χ4v) is 3.26. The van der Waals surface area contributed by atoms with Crippen LogP contribution in [0.1, 0.15) is 31.4 Å². The van der Waals surface area contributed by atoms with Gasteiger partial charge in [-0.15, -0.1) is 0 Å². The molecule has 0 saturated heterocycles. The van der Waals surface area contributed by atoms with Gasteiger partial charge in [0.15, 0.2) is 0 Å². The predicted octanol–water partition coefficient (Wildman–Crippen LogP) is 4.82.